The average molecular weight is 264 g/mol. The maximum atomic E-state index is 12.1. The van der Waals surface area contributed by atoms with Crippen LogP contribution in [0.5, 0.6) is 0 Å². The molecule has 0 aliphatic rings. The fraction of sp³-hybridized carbons (Fsp3) is 0.429. The second-order valence-electron chi connectivity index (χ2n) is 4.65. The zero-order chi connectivity index (χ0) is 14.5. The summed E-state index contributed by atoms with van der Waals surface area (Å²) in [6.07, 6.45) is 0. The Morgan fingerprint density at radius 3 is 2.26 bits per heavy atom. The molecule has 5 heteroatoms. The van der Waals surface area contributed by atoms with Crippen molar-refractivity contribution in [2.45, 2.75) is 25.5 Å². The molecule has 0 aliphatic carbocycles. The van der Waals surface area contributed by atoms with Crippen molar-refractivity contribution in [2.75, 3.05) is 14.2 Å². The van der Waals surface area contributed by atoms with E-state index in [1.807, 2.05) is 18.2 Å². The molecule has 0 saturated carbocycles. The van der Waals surface area contributed by atoms with Crippen LogP contribution in [-0.2, 0) is 14.3 Å². The lowest BCUT2D eigenvalue weighted by molar-refractivity contribution is -0.142. The van der Waals surface area contributed by atoms with Crippen molar-refractivity contribution in [2.24, 2.45) is 0 Å². The average Bonchev–Trinajstić information content (AvgIpc) is 2.44. The molecule has 2 amide bonds. The van der Waals surface area contributed by atoms with Gasteiger partial charge < -0.3 is 15.4 Å². The number of hydrogen-bond acceptors (Lipinski definition) is 3. The minimum absolute atomic E-state index is 0.272. The Morgan fingerprint density at radius 1 is 1.21 bits per heavy atom. The lowest BCUT2D eigenvalue weighted by Crippen LogP contribution is -2.48. The molecule has 19 heavy (non-hydrogen) atoms. The summed E-state index contributed by atoms with van der Waals surface area (Å²) in [5.74, 6) is -0.612. The van der Waals surface area contributed by atoms with E-state index in [2.05, 4.69) is 10.6 Å². The van der Waals surface area contributed by atoms with E-state index in [0.717, 1.165) is 5.56 Å². The minimum Gasteiger partial charge on any atom is -0.369 e. The number of carbonyl (C=O) groups is 2. The van der Waals surface area contributed by atoms with Gasteiger partial charge in [0.05, 0.1) is 0 Å². The largest absolute Gasteiger partial charge is 0.369 e. The molecule has 0 saturated heterocycles. The molecule has 0 heterocycles. The molecule has 2 N–H and O–H groups in total. The number of ether oxygens (including phenoxy) is 1. The molecule has 0 fully saturated rings. The van der Waals surface area contributed by atoms with Gasteiger partial charge in [0.25, 0.3) is 5.91 Å². The van der Waals surface area contributed by atoms with Crippen LogP contribution in [0.3, 0.4) is 0 Å². The topological polar surface area (TPSA) is 67.4 Å². The summed E-state index contributed by atoms with van der Waals surface area (Å²) in [6.45, 7) is 3.29. The third-order valence-corrected chi connectivity index (χ3v) is 2.97. The first kappa shape index (κ1) is 15.2. The van der Waals surface area contributed by atoms with Gasteiger partial charge in [0.15, 0.2) is 0 Å². The Kier molecular flexibility index (Phi) is 5.06. The SMILES string of the molecule is CNC(=O)[C@H](NC(=O)C(C)(C)OC)c1ccccc1. The van der Waals surface area contributed by atoms with Crippen LogP contribution in [0, 0.1) is 0 Å². The van der Waals surface area contributed by atoms with Crippen LogP contribution < -0.4 is 10.6 Å². The molecule has 0 radical (unpaired) electrons. The third-order valence-electron chi connectivity index (χ3n) is 2.97. The van der Waals surface area contributed by atoms with Crippen LogP contribution in [0.4, 0.5) is 0 Å². The number of likely N-dealkylation sites (N-methyl/N-ethyl adjacent to an activating group) is 1. The zero-order valence-electron chi connectivity index (χ0n) is 11.7. The summed E-state index contributed by atoms with van der Waals surface area (Å²) < 4.78 is 5.11. The van der Waals surface area contributed by atoms with Crippen molar-refractivity contribution < 1.29 is 14.3 Å². The van der Waals surface area contributed by atoms with Crippen LogP contribution in [-0.4, -0.2) is 31.6 Å². The van der Waals surface area contributed by atoms with Crippen LogP contribution in [0.15, 0.2) is 30.3 Å². The van der Waals surface area contributed by atoms with Crippen LogP contribution in [0.2, 0.25) is 0 Å². The van der Waals surface area contributed by atoms with E-state index in [9.17, 15) is 9.59 Å². The van der Waals surface area contributed by atoms with Crippen molar-refractivity contribution in [1.29, 1.82) is 0 Å². The number of rotatable bonds is 5. The lowest BCUT2D eigenvalue weighted by Gasteiger charge is -2.25. The van der Waals surface area contributed by atoms with E-state index < -0.39 is 11.6 Å². The Labute approximate surface area is 113 Å². The Balaban J connectivity index is 2.95. The molecule has 0 unspecified atom stereocenters. The monoisotopic (exact) mass is 264 g/mol. The molecular weight excluding hydrogens is 244 g/mol. The van der Waals surface area contributed by atoms with E-state index in [1.165, 1.54) is 14.2 Å². The third kappa shape index (κ3) is 3.79. The van der Waals surface area contributed by atoms with Crippen molar-refractivity contribution in [3.05, 3.63) is 35.9 Å². The highest BCUT2D eigenvalue weighted by Gasteiger charge is 2.31. The van der Waals surface area contributed by atoms with E-state index >= 15 is 0 Å². The molecule has 104 valence electrons. The first-order chi connectivity index (χ1) is 8.92. The molecule has 5 nitrogen and oxygen atoms in total. The van der Waals surface area contributed by atoms with Crippen LogP contribution in [0.25, 0.3) is 0 Å². The lowest BCUT2D eigenvalue weighted by atomic mass is 10.0. The summed E-state index contributed by atoms with van der Waals surface area (Å²) in [6, 6.07) is 8.34. The van der Waals surface area contributed by atoms with Crippen molar-refractivity contribution in [1.82, 2.24) is 10.6 Å². The fourth-order valence-electron chi connectivity index (χ4n) is 1.49. The van der Waals surface area contributed by atoms with Gasteiger partial charge in [-0.1, -0.05) is 30.3 Å². The Bertz CT molecular complexity index is 443. The molecule has 1 aromatic rings. The van der Waals surface area contributed by atoms with Gasteiger partial charge in [-0.05, 0) is 19.4 Å². The Hall–Kier alpha value is -1.88. The van der Waals surface area contributed by atoms with Gasteiger partial charge >= 0.3 is 0 Å². The van der Waals surface area contributed by atoms with Crippen LogP contribution >= 0.6 is 0 Å². The second-order valence-corrected chi connectivity index (χ2v) is 4.65. The normalized spacial score (nSPS) is 12.6. The molecule has 0 bridgehead atoms. The molecular formula is C14H20N2O3. The number of nitrogens with one attached hydrogen (secondary N) is 2. The predicted octanol–water partition coefficient (Wildman–Crippen LogP) is 1.01. The minimum atomic E-state index is -0.985. The predicted molar refractivity (Wildman–Crippen MR) is 72.5 cm³/mol. The van der Waals surface area contributed by atoms with E-state index in [4.69, 9.17) is 4.74 Å². The fourth-order valence-corrected chi connectivity index (χ4v) is 1.49. The van der Waals surface area contributed by atoms with Gasteiger partial charge in [-0.2, -0.15) is 0 Å². The summed E-state index contributed by atoms with van der Waals surface area (Å²) in [4.78, 5) is 24.0. The number of methoxy groups -OCH3 is 1. The van der Waals surface area contributed by atoms with Crippen molar-refractivity contribution >= 4 is 11.8 Å². The molecule has 1 rings (SSSR count). The summed E-state index contributed by atoms with van der Waals surface area (Å²) in [7, 11) is 2.99. The van der Waals surface area contributed by atoms with Gasteiger partial charge in [0.1, 0.15) is 11.6 Å². The molecule has 1 atom stereocenters. The van der Waals surface area contributed by atoms with Gasteiger partial charge in [0.2, 0.25) is 5.91 Å². The molecule has 0 aromatic heterocycles. The summed E-state index contributed by atoms with van der Waals surface area (Å²) >= 11 is 0. The molecule has 0 spiro atoms. The number of amides is 2. The molecule has 1 aromatic carbocycles. The number of hydrogen-bond donors (Lipinski definition) is 2. The second kappa shape index (κ2) is 6.33. The van der Waals surface area contributed by atoms with Crippen LogP contribution in [0.1, 0.15) is 25.5 Å². The highest BCUT2D eigenvalue weighted by molar-refractivity contribution is 5.91. The Morgan fingerprint density at radius 2 is 1.79 bits per heavy atom. The maximum absolute atomic E-state index is 12.1. The van der Waals surface area contributed by atoms with Crippen molar-refractivity contribution in [3.8, 4) is 0 Å². The van der Waals surface area contributed by atoms with Gasteiger partial charge in [-0.25, -0.2) is 0 Å². The van der Waals surface area contributed by atoms with Crippen molar-refractivity contribution in [3.63, 3.8) is 0 Å². The highest BCUT2D eigenvalue weighted by Crippen LogP contribution is 2.15. The summed E-state index contributed by atoms with van der Waals surface area (Å²) in [5.41, 5.74) is -0.261. The summed E-state index contributed by atoms with van der Waals surface area (Å²) in [5, 5.41) is 5.24. The van der Waals surface area contributed by atoms with E-state index in [-0.39, 0.29) is 11.8 Å². The quantitative estimate of drug-likeness (QED) is 0.834. The van der Waals surface area contributed by atoms with Gasteiger partial charge in [0, 0.05) is 14.2 Å². The maximum Gasteiger partial charge on any atom is 0.252 e. The first-order valence-electron chi connectivity index (χ1n) is 6.05. The molecule has 0 aliphatic heterocycles. The van der Waals surface area contributed by atoms with Gasteiger partial charge in [-0.15, -0.1) is 0 Å². The zero-order valence-corrected chi connectivity index (χ0v) is 11.7. The first-order valence-corrected chi connectivity index (χ1v) is 6.05. The van der Waals surface area contributed by atoms with E-state index in [0.29, 0.717) is 0 Å². The number of carbonyl (C=O) groups excluding carboxylic acids is 2. The smallest absolute Gasteiger partial charge is 0.252 e. The standard InChI is InChI=1S/C14H20N2O3/c1-14(2,19-4)13(18)16-11(12(17)15-3)10-8-6-5-7-9-10/h5-9,11H,1-4H3,(H,15,17)(H,16,18)/t11-/m1/s1. The van der Waals surface area contributed by atoms with E-state index in [1.54, 1.807) is 26.0 Å². The highest BCUT2D eigenvalue weighted by atomic mass is 16.5. The number of benzene rings is 1. The van der Waals surface area contributed by atoms with Gasteiger partial charge in [-0.3, -0.25) is 9.59 Å².